The van der Waals surface area contributed by atoms with Gasteiger partial charge in [0, 0.05) is 38.0 Å². The van der Waals surface area contributed by atoms with E-state index in [1.54, 1.807) is 12.1 Å². The van der Waals surface area contributed by atoms with E-state index in [1.807, 2.05) is 25.1 Å². The van der Waals surface area contributed by atoms with Crippen molar-refractivity contribution in [2.45, 2.75) is 0 Å². The van der Waals surface area contributed by atoms with E-state index >= 15 is 0 Å². The predicted octanol–water partition coefficient (Wildman–Crippen LogP) is 1.27. The molecule has 0 saturated heterocycles. The number of aromatic amines is 1. The first-order valence-electron chi connectivity index (χ1n) is 6.84. The van der Waals surface area contributed by atoms with Crippen LogP contribution in [-0.2, 0) is 4.74 Å². The van der Waals surface area contributed by atoms with Crippen LogP contribution in [0.4, 0.5) is 5.69 Å². The number of carbonyl (C=O) groups is 1. The monoisotopic (exact) mass is 315 g/mol. The van der Waals surface area contributed by atoms with Crippen molar-refractivity contribution in [3.8, 4) is 17.2 Å². The molecular weight excluding hydrogens is 300 g/mol. The smallest absolute Gasteiger partial charge is 0.344 e. The van der Waals surface area contributed by atoms with Gasteiger partial charge in [0.1, 0.15) is 5.56 Å². The van der Waals surface area contributed by atoms with Crippen LogP contribution >= 0.6 is 0 Å². The van der Waals surface area contributed by atoms with Crippen LogP contribution in [0.2, 0.25) is 0 Å². The molecule has 0 radical (unpaired) electrons. The Morgan fingerprint density at radius 1 is 1.30 bits per heavy atom. The zero-order valence-corrected chi connectivity index (χ0v) is 12.8. The van der Waals surface area contributed by atoms with Gasteiger partial charge in [0.25, 0.3) is 5.69 Å². The lowest BCUT2D eigenvalue weighted by Gasteiger charge is -2.12. The summed E-state index contributed by atoms with van der Waals surface area (Å²) in [5.74, 6) is -1.33. The molecule has 0 saturated carbocycles. The number of aromatic hydroxyl groups is 1. The quantitative estimate of drug-likeness (QED) is 0.565. The molecule has 23 heavy (non-hydrogen) atoms. The predicted molar refractivity (Wildman–Crippen MR) is 83.0 cm³/mol. The molecule has 1 aliphatic carbocycles. The van der Waals surface area contributed by atoms with Crippen LogP contribution < -0.4 is 15.3 Å². The second-order valence-corrected chi connectivity index (χ2v) is 5.27. The van der Waals surface area contributed by atoms with Gasteiger partial charge >= 0.3 is 5.97 Å². The molecule has 2 aliphatic rings. The third kappa shape index (κ3) is 2.36. The van der Waals surface area contributed by atoms with E-state index in [0.717, 1.165) is 11.8 Å². The number of phenolic OH excluding ortho intramolecular Hbond substituents is 1. The summed E-state index contributed by atoms with van der Waals surface area (Å²) in [6.07, 6.45) is 0. The topological polar surface area (TPSA) is 94.1 Å². The standard InChI is InChI=1S/C16H14N2O5/c1-18(2)8-4-5-10-12(6-8)23-15-13(17-10)9(16(21)22-3)7-11(19)14(15)20/h4-7,20H,1-3H3/p+1. The van der Waals surface area contributed by atoms with Crippen LogP contribution in [0.15, 0.2) is 33.5 Å². The zero-order chi connectivity index (χ0) is 16.7. The normalized spacial score (nSPS) is 10.9. The summed E-state index contributed by atoms with van der Waals surface area (Å²) >= 11 is 0. The van der Waals surface area contributed by atoms with Crippen molar-refractivity contribution in [2.75, 3.05) is 26.1 Å². The van der Waals surface area contributed by atoms with Crippen LogP contribution in [0.1, 0.15) is 10.4 Å². The van der Waals surface area contributed by atoms with Crippen molar-refractivity contribution in [2.24, 2.45) is 0 Å². The summed E-state index contributed by atoms with van der Waals surface area (Å²) in [5, 5.41) is 9.99. The fourth-order valence-electron chi connectivity index (χ4n) is 2.34. The number of hydrogen-bond donors (Lipinski definition) is 1. The molecule has 0 bridgehead atoms. The first-order chi connectivity index (χ1) is 10.9. The lowest BCUT2D eigenvalue weighted by atomic mass is 10.1. The molecule has 0 atom stereocenters. The van der Waals surface area contributed by atoms with Gasteiger partial charge in [0.15, 0.2) is 0 Å². The largest absolute Gasteiger partial charge is 0.501 e. The highest BCUT2D eigenvalue weighted by Gasteiger charge is 2.30. The minimum atomic E-state index is -0.710. The summed E-state index contributed by atoms with van der Waals surface area (Å²) in [6, 6.07) is 6.45. The Balaban J connectivity index is 2.40. The maximum absolute atomic E-state index is 11.9. The molecule has 1 aliphatic heterocycles. The van der Waals surface area contributed by atoms with Gasteiger partial charge in [0.05, 0.1) is 7.11 Å². The highest BCUT2D eigenvalue weighted by atomic mass is 16.5. The van der Waals surface area contributed by atoms with Crippen molar-refractivity contribution >= 4 is 22.8 Å². The fourth-order valence-corrected chi connectivity index (χ4v) is 2.34. The number of aromatic nitrogens is 1. The Morgan fingerprint density at radius 2 is 2.04 bits per heavy atom. The SMILES string of the molecule is COC(=O)c1cc(=O)c(O)c2oc3cc(N(C)C)ccc3[nH+]c1-2. The molecule has 1 heterocycles. The highest BCUT2D eigenvalue weighted by Crippen LogP contribution is 2.31. The maximum atomic E-state index is 11.9. The molecule has 118 valence electrons. The lowest BCUT2D eigenvalue weighted by Crippen LogP contribution is -2.20. The summed E-state index contributed by atoms with van der Waals surface area (Å²) in [4.78, 5) is 28.6. The van der Waals surface area contributed by atoms with E-state index in [9.17, 15) is 14.7 Å². The molecule has 1 aromatic carbocycles. The van der Waals surface area contributed by atoms with Crippen LogP contribution in [0.25, 0.3) is 22.6 Å². The molecule has 7 nitrogen and oxygen atoms in total. The Morgan fingerprint density at radius 3 is 2.70 bits per heavy atom. The Bertz CT molecular complexity index is 945. The van der Waals surface area contributed by atoms with E-state index in [2.05, 4.69) is 9.72 Å². The average Bonchev–Trinajstić information content (AvgIpc) is 2.55. The molecule has 1 aromatic rings. The number of fused-ring (bicyclic) bond motifs is 2. The maximum Gasteiger partial charge on any atom is 0.344 e. The van der Waals surface area contributed by atoms with E-state index in [0.29, 0.717) is 11.1 Å². The molecular formula is C16H15N2O5+. The van der Waals surface area contributed by atoms with Gasteiger partial charge in [-0.15, -0.1) is 0 Å². The number of H-pyrrole nitrogens is 1. The molecule has 0 unspecified atom stereocenters. The summed E-state index contributed by atoms with van der Waals surface area (Å²) in [5.41, 5.74) is 1.46. The first-order valence-corrected chi connectivity index (χ1v) is 6.84. The second-order valence-electron chi connectivity index (χ2n) is 5.27. The summed E-state index contributed by atoms with van der Waals surface area (Å²) < 4.78 is 10.3. The average molecular weight is 315 g/mol. The number of phenols is 1. The molecule has 3 rings (SSSR count). The Hall–Kier alpha value is -3.09. The number of benzene rings is 2. The van der Waals surface area contributed by atoms with E-state index in [-0.39, 0.29) is 17.0 Å². The lowest BCUT2D eigenvalue weighted by molar-refractivity contribution is -0.334. The van der Waals surface area contributed by atoms with Gasteiger partial charge in [0.2, 0.25) is 28.0 Å². The zero-order valence-electron chi connectivity index (χ0n) is 12.8. The number of nitrogens with one attached hydrogen (secondary N) is 1. The van der Waals surface area contributed by atoms with Gasteiger partial charge in [-0.2, -0.15) is 4.98 Å². The number of ether oxygens (including phenoxy) is 1. The van der Waals surface area contributed by atoms with Crippen molar-refractivity contribution < 1.29 is 24.0 Å². The molecule has 0 amide bonds. The first kappa shape index (κ1) is 14.8. The number of rotatable bonds is 2. The minimum Gasteiger partial charge on any atom is -0.501 e. The van der Waals surface area contributed by atoms with E-state index in [1.165, 1.54) is 7.11 Å². The minimum absolute atomic E-state index is 0.00707. The van der Waals surface area contributed by atoms with Crippen LogP contribution in [0, 0.1) is 0 Å². The molecule has 0 aromatic heterocycles. The fraction of sp³-hybridized carbons (Fsp3) is 0.188. The molecule has 0 fully saturated rings. The van der Waals surface area contributed by atoms with Gasteiger partial charge in [-0.05, 0) is 6.07 Å². The number of methoxy groups -OCH3 is 1. The van der Waals surface area contributed by atoms with Gasteiger partial charge in [-0.25, -0.2) is 4.79 Å². The van der Waals surface area contributed by atoms with Crippen LogP contribution in [0.3, 0.4) is 0 Å². The Labute approximate surface area is 131 Å². The number of carbonyl (C=O) groups excluding carboxylic acids is 1. The highest BCUT2D eigenvalue weighted by molar-refractivity contribution is 5.96. The van der Waals surface area contributed by atoms with Crippen molar-refractivity contribution in [1.82, 2.24) is 0 Å². The van der Waals surface area contributed by atoms with Gasteiger partial charge < -0.3 is 19.2 Å². The van der Waals surface area contributed by atoms with Crippen LogP contribution in [0.5, 0.6) is 5.75 Å². The third-order valence-electron chi connectivity index (χ3n) is 3.58. The summed E-state index contributed by atoms with van der Waals surface area (Å²) in [6.45, 7) is 0. The van der Waals surface area contributed by atoms with Gasteiger partial charge in [-0.3, -0.25) is 4.79 Å². The van der Waals surface area contributed by atoms with Crippen LogP contribution in [-0.4, -0.2) is 32.3 Å². The van der Waals surface area contributed by atoms with E-state index < -0.39 is 17.1 Å². The van der Waals surface area contributed by atoms with Gasteiger partial charge in [-0.1, -0.05) is 0 Å². The van der Waals surface area contributed by atoms with E-state index in [4.69, 9.17) is 4.42 Å². The number of nitrogens with zero attached hydrogens (tertiary/aromatic N) is 1. The molecule has 2 N–H and O–H groups in total. The molecule has 0 spiro atoms. The number of anilines is 1. The Kier molecular flexibility index (Phi) is 3.40. The third-order valence-corrected chi connectivity index (χ3v) is 3.58. The van der Waals surface area contributed by atoms with Crippen molar-refractivity contribution in [1.29, 1.82) is 0 Å². The van der Waals surface area contributed by atoms with Crippen molar-refractivity contribution in [3.05, 3.63) is 40.1 Å². The second kappa shape index (κ2) is 5.28. The van der Waals surface area contributed by atoms with Crippen molar-refractivity contribution in [3.63, 3.8) is 0 Å². The number of esters is 1. The molecule has 7 heteroatoms. The number of hydrogen-bond acceptors (Lipinski definition) is 6. The summed E-state index contributed by atoms with van der Waals surface area (Å²) in [7, 11) is 4.98.